The van der Waals surface area contributed by atoms with Crippen molar-refractivity contribution in [3.8, 4) is 6.07 Å². The van der Waals surface area contributed by atoms with Crippen LogP contribution in [0.3, 0.4) is 0 Å². The zero-order valence-corrected chi connectivity index (χ0v) is 29.1. The summed E-state index contributed by atoms with van der Waals surface area (Å²) in [4.78, 5) is 43.9. The Bertz CT molecular complexity index is 1870. The van der Waals surface area contributed by atoms with E-state index >= 15 is 8.78 Å². The number of halogens is 2. The average Bonchev–Trinajstić information content (AvgIpc) is 3.73. The topological polar surface area (TPSA) is 227 Å². The normalized spacial score (nSPS) is 32.4. The molecule has 2 unspecified atom stereocenters. The zero-order valence-electron chi connectivity index (χ0n) is 26.5. The second-order valence-electron chi connectivity index (χ2n) is 11.8. The number of aromatic nitrogens is 6. The van der Waals surface area contributed by atoms with Crippen LogP contribution in [0.1, 0.15) is 32.9 Å². The van der Waals surface area contributed by atoms with Gasteiger partial charge in [0.15, 0.2) is 35.8 Å². The van der Waals surface area contributed by atoms with Crippen molar-refractivity contribution in [3.63, 3.8) is 0 Å². The molecule has 3 aromatic heterocycles. The van der Waals surface area contributed by atoms with Crippen molar-refractivity contribution < 1.29 is 45.5 Å². The summed E-state index contributed by atoms with van der Waals surface area (Å²) in [5.41, 5.74) is -0.954. The quantitative estimate of drug-likeness (QED) is 0.221. The molecule has 0 aromatic carbocycles. The molecule has 268 valence electrons. The van der Waals surface area contributed by atoms with E-state index in [-0.39, 0.29) is 43.2 Å². The average molecular weight is 759 g/mol. The summed E-state index contributed by atoms with van der Waals surface area (Å²) in [5, 5.41) is 14.6. The highest BCUT2D eigenvalue weighted by atomic mass is 32.5. The van der Waals surface area contributed by atoms with Crippen molar-refractivity contribution in [2.24, 2.45) is 11.8 Å². The number of nitrogens with zero attached hydrogens (tertiary/aromatic N) is 6. The molecule has 5 heterocycles. The lowest BCUT2D eigenvalue weighted by Gasteiger charge is -2.29. The Balaban J connectivity index is 1.32. The van der Waals surface area contributed by atoms with Crippen LogP contribution in [0.5, 0.6) is 0 Å². The van der Waals surface area contributed by atoms with Crippen LogP contribution in [0, 0.1) is 23.2 Å². The predicted octanol–water partition coefficient (Wildman–Crippen LogP) is 3.21. The summed E-state index contributed by atoms with van der Waals surface area (Å²) in [7, 11) is -3.00. The van der Waals surface area contributed by atoms with Gasteiger partial charge in [-0.3, -0.25) is 29.0 Å². The van der Waals surface area contributed by atoms with E-state index in [9.17, 15) is 14.2 Å². The molecule has 3 aliphatic rings. The van der Waals surface area contributed by atoms with Gasteiger partial charge in [-0.25, -0.2) is 23.7 Å². The van der Waals surface area contributed by atoms with Crippen molar-refractivity contribution in [2.45, 2.75) is 69.6 Å². The minimum absolute atomic E-state index is 0.0969. The third kappa shape index (κ3) is 7.88. The maximum atomic E-state index is 16.3. The van der Waals surface area contributed by atoms with Gasteiger partial charge in [-0.2, -0.15) is 10.2 Å². The largest absolute Gasteiger partial charge is 0.697 e. The van der Waals surface area contributed by atoms with Gasteiger partial charge in [-0.15, -0.1) is 9.05 Å². The summed E-state index contributed by atoms with van der Waals surface area (Å²) in [6.07, 6.45) is -5.59. The van der Waals surface area contributed by atoms with Crippen LogP contribution < -0.4 is 16.2 Å². The van der Waals surface area contributed by atoms with Crippen LogP contribution in [0.15, 0.2) is 29.7 Å². The summed E-state index contributed by atoms with van der Waals surface area (Å²) in [6, 6.07) is 2.62. The molecular weight excluding hydrogens is 726 g/mol. The number of carbonyl (C=O) groups is 1. The first-order valence-electron chi connectivity index (χ1n) is 15.4. The predicted molar refractivity (Wildman–Crippen MR) is 173 cm³/mol. The number of carbonyl (C=O) groups excluding carboxylic acids is 1. The number of H-pyrrole nitrogens is 1. The fraction of sp³-hybridized carbons (Fsp3) is 0.593. The molecule has 2 aliphatic heterocycles. The highest BCUT2D eigenvalue weighted by molar-refractivity contribution is 8.07. The third-order valence-corrected chi connectivity index (χ3v) is 11.2. The lowest BCUT2D eigenvalue weighted by atomic mass is 10.1. The molecule has 0 spiro atoms. The van der Waals surface area contributed by atoms with Crippen molar-refractivity contribution in [2.75, 3.05) is 30.5 Å². The number of ether oxygens (including phenoxy) is 1. The summed E-state index contributed by atoms with van der Waals surface area (Å²) in [6.45, 7) is -1.86. The number of hydrogen-bond acceptors (Lipinski definition) is 16. The molecule has 6 rings (SSSR count). The first-order valence-corrected chi connectivity index (χ1v) is 19.1. The van der Waals surface area contributed by atoms with Crippen molar-refractivity contribution in [1.29, 1.82) is 5.26 Å². The zero-order chi connectivity index (χ0) is 35.6. The van der Waals surface area contributed by atoms with E-state index in [0.29, 0.717) is 5.82 Å². The Labute approximate surface area is 288 Å². The van der Waals surface area contributed by atoms with E-state index in [0.717, 1.165) is 0 Å². The van der Waals surface area contributed by atoms with Gasteiger partial charge in [0.2, 0.25) is 11.9 Å². The Morgan fingerprint density at radius 2 is 2.12 bits per heavy atom. The van der Waals surface area contributed by atoms with Crippen LogP contribution in [-0.2, 0) is 48.5 Å². The molecule has 10 atom stereocenters. The van der Waals surface area contributed by atoms with Crippen LogP contribution in [0.25, 0.3) is 11.2 Å². The minimum Gasteiger partial charge on any atom is -0.364 e. The lowest BCUT2D eigenvalue weighted by Crippen LogP contribution is -2.33. The van der Waals surface area contributed by atoms with Gasteiger partial charge in [-0.05, 0) is 24.3 Å². The third-order valence-electron chi connectivity index (χ3n) is 8.08. The van der Waals surface area contributed by atoms with Gasteiger partial charge in [0.05, 0.1) is 38.1 Å². The summed E-state index contributed by atoms with van der Waals surface area (Å²) < 4.78 is 81.1. The van der Waals surface area contributed by atoms with Crippen LogP contribution in [0.2, 0.25) is 0 Å². The van der Waals surface area contributed by atoms with E-state index in [4.69, 9.17) is 44.4 Å². The number of rotatable bonds is 8. The smallest absolute Gasteiger partial charge is 0.364 e. The number of anilines is 2. The Kier molecular flexibility index (Phi) is 11.2. The van der Waals surface area contributed by atoms with Gasteiger partial charge in [0.1, 0.15) is 31.0 Å². The molecular formula is C27H32F2N9O9P2S+. The number of nitriles is 1. The van der Waals surface area contributed by atoms with Gasteiger partial charge < -0.3 is 19.1 Å². The Morgan fingerprint density at radius 3 is 2.86 bits per heavy atom. The molecule has 2 bridgehead atoms. The first kappa shape index (κ1) is 36.4. The van der Waals surface area contributed by atoms with Gasteiger partial charge >= 0.3 is 15.0 Å². The van der Waals surface area contributed by atoms with E-state index in [1.165, 1.54) is 23.4 Å². The lowest BCUT2D eigenvalue weighted by molar-refractivity contribution is -0.118. The maximum absolute atomic E-state index is 16.3. The number of nitrogens with one attached hydrogen (secondary N) is 3. The van der Waals surface area contributed by atoms with Crippen LogP contribution >= 0.6 is 15.0 Å². The molecule has 18 nitrogen and oxygen atoms in total. The number of fused-ring (bicyclic) bond motifs is 4. The highest BCUT2D eigenvalue weighted by Gasteiger charge is 2.54. The molecule has 1 aliphatic carbocycles. The van der Waals surface area contributed by atoms with E-state index in [1.54, 1.807) is 19.9 Å². The fourth-order valence-electron chi connectivity index (χ4n) is 5.59. The monoisotopic (exact) mass is 758 g/mol. The number of amides is 1. The molecule has 1 saturated carbocycles. The minimum atomic E-state index is -3.96. The summed E-state index contributed by atoms with van der Waals surface area (Å²) in [5.74, 6) is -1.47. The second kappa shape index (κ2) is 15.4. The molecule has 2 saturated heterocycles. The van der Waals surface area contributed by atoms with Crippen LogP contribution in [0.4, 0.5) is 20.5 Å². The molecule has 23 heteroatoms. The summed E-state index contributed by atoms with van der Waals surface area (Å²) >= 11 is 5.70. The van der Waals surface area contributed by atoms with Crippen LogP contribution in [-0.4, -0.2) is 91.9 Å². The van der Waals surface area contributed by atoms with Crippen molar-refractivity contribution in [3.05, 3.63) is 35.3 Å². The number of aromatic amines is 1. The highest BCUT2D eigenvalue weighted by Crippen LogP contribution is 2.56. The Morgan fingerprint density at radius 1 is 1.30 bits per heavy atom. The van der Waals surface area contributed by atoms with Gasteiger partial charge in [0, 0.05) is 22.6 Å². The van der Waals surface area contributed by atoms with Gasteiger partial charge in [-0.1, -0.05) is 13.8 Å². The molecule has 3 fully saturated rings. The maximum Gasteiger partial charge on any atom is 0.697 e. The fourth-order valence-corrected chi connectivity index (χ4v) is 8.52. The van der Waals surface area contributed by atoms with E-state index in [1.807, 2.05) is 6.07 Å². The molecule has 1 amide bonds. The number of hydrogen-bond donors (Lipinski definition) is 3. The molecule has 0 radical (unpaired) electrons. The van der Waals surface area contributed by atoms with Gasteiger partial charge in [0.25, 0.3) is 5.56 Å². The molecule has 3 aromatic rings. The number of alkyl halides is 2. The van der Waals surface area contributed by atoms with Crippen molar-refractivity contribution >= 4 is 55.6 Å². The van der Waals surface area contributed by atoms with Crippen molar-refractivity contribution in [1.82, 2.24) is 29.5 Å². The number of imidazole rings is 1. The van der Waals surface area contributed by atoms with E-state index < -0.39 is 87.8 Å². The molecule has 3 N–H and O–H groups in total. The second-order valence-corrected chi connectivity index (χ2v) is 15.7. The van der Waals surface area contributed by atoms with E-state index in [2.05, 4.69) is 35.6 Å². The Hall–Kier alpha value is -3.44. The first-order chi connectivity index (χ1) is 24.0. The standard InChI is InChI=1S/C27H31F2N9O9P2S/c1-13(2)24(39)36-27-35-23-20(25(40)37-27)33-12-38(23)26-22-19(29)16(45-26)10-42-48(41)46-21-14(9-44-49(50,47-22)43-7-3-5-30)8-15(18(21)28)34-17-4-6-31-11-32-17/h4,6,11-16,18-19,21-22,26H,3,7-10H2,1-2H3,(H2-,31,32,34,35,36,37,39,40)/p+1/t14-,15-,16-,18+,19-,21-,22-,26-,49?/m1/s1. The SMILES string of the molecule is CC(C)C(=O)Nc1nc2c(ncn2[C@@H]2O[C@@H]3CO[P+](=O)O[C@@H]4[C@@H](COP(=S)(OCCC#N)O[C@@H]2[C@@H]3F)C[C@@H](Nc2ccncn2)[C@@H]4F)c(=O)[nH]1. The molecule has 50 heavy (non-hydrogen) atoms.